The molecule has 0 radical (unpaired) electrons. The Morgan fingerprint density at radius 2 is 2.15 bits per heavy atom. The van der Waals surface area contributed by atoms with Gasteiger partial charge in [-0.2, -0.15) is 11.8 Å². The first-order chi connectivity index (χ1) is 9.56. The van der Waals surface area contributed by atoms with Crippen LogP contribution < -0.4 is 0 Å². The zero-order valence-corrected chi connectivity index (χ0v) is 13.3. The van der Waals surface area contributed by atoms with Crippen LogP contribution in [-0.2, 0) is 12.2 Å². The second-order valence-electron chi connectivity index (χ2n) is 4.93. The zero-order valence-electron chi connectivity index (χ0n) is 11.0. The molecule has 1 atom stereocenters. The lowest BCUT2D eigenvalue weighted by Crippen LogP contribution is -2.00. The van der Waals surface area contributed by atoms with Gasteiger partial charge in [0.2, 0.25) is 0 Å². The molecular formula is C15H14ClFOS2. The molecule has 2 heterocycles. The zero-order chi connectivity index (χ0) is 14.3. The lowest BCUT2D eigenvalue weighted by atomic mass is 10.0. The van der Waals surface area contributed by atoms with Crippen LogP contribution >= 0.6 is 34.7 Å². The molecule has 20 heavy (non-hydrogen) atoms. The molecule has 1 unspecified atom stereocenters. The molecule has 1 nitrogen and oxygen atoms in total. The molecule has 3 rings (SSSR count). The van der Waals surface area contributed by atoms with Crippen LogP contribution in [0.5, 0.6) is 0 Å². The highest BCUT2D eigenvalue weighted by molar-refractivity contribution is 7.98. The molecule has 1 aromatic carbocycles. The van der Waals surface area contributed by atoms with Gasteiger partial charge in [0.25, 0.3) is 0 Å². The van der Waals surface area contributed by atoms with Crippen LogP contribution in [-0.4, -0.2) is 10.9 Å². The molecule has 0 aliphatic carbocycles. The number of fused-ring (bicyclic) bond motifs is 1. The van der Waals surface area contributed by atoms with Crippen LogP contribution in [0.25, 0.3) is 0 Å². The Bertz CT molecular complexity index is 630. The summed E-state index contributed by atoms with van der Waals surface area (Å²) in [5.41, 5.74) is 2.40. The molecule has 2 aromatic rings. The summed E-state index contributed by atoms with van der Waals surface area (Å²) < 4.78 is 13.4. The average molecular weight is 329 g/mol. The number of benzene rings is 1. The minimum absolute atomic E-state index is 0.279. The second kappa shape index (κ2) is 5.68. The average Bonchev–Trinajstić information content (AvgIpc) is 2.86. The van der Waals surface area contributed by atoms with E-state index in [1.54, 1.807) is 24.3 Å². The predicted molar refractivity (Wildman–Crippen MR) is 84.4 cm³/mol. The van der Waals surface area contributed by atoms with Gasteiger partial charge in [-0.3, -0.25) is 0 Å². The smallest absolute Gasteiger partial charge is 0.127 e. The molecule has 0 saturated carbocycles. The van der Waals surface area contributed by atoms with Gasteiger partial charge in [-0.1, -0.05) is 11.6 Å². The molecule has 0 fully saturated rings. The number of thiophene rings is 1. The first-order valence-electron chi connectivity index (χ1n) is 6.39. The molecule has 0 saturated heterocycles. The highest BCUT2D eigenvalue weighted by atomic mass is 35.5. The molecule has 1 aliphatic rings. The fraction of sp³-hybridized carbons (Fsp3) is 0.333. The Morgan fingerprint density at radius 1 is 1.35 bits per heavy atom. The van der Waals surface area contributed by atoms with E-state index < -0.39 is 6.10 Å². The summed E-state index contributed by atoms with van der Waals surface area (Å²) in [5.74, 6) is 1.81. The number of hydrogen-bond donors (Lipinski definition) is 1. The number of thioether (sulfide) groups is 1. The Kier molecular flexibility index (Phi) is 4.09. The summed E-state index contributed by atoms with van der Waals surface area (Å²) in [6, 6.07) is 4.97. The van der Waals surface area contributed by atoms with E-state index in [1.807, 2.05) is 11.8 Å². The number of halogens is 2. The minimum atomic E-state index is -0.776. The lowest BCUT2D eigenvalue weighted by molar-refractivity contribution is 0.224. The van der Waals surface area contributed by atoms with Crippen molar-refractivity contribution in [2.45, 2.75) is 25.2 Å². The van der Waals surface area contributed by atoms with E-state index >= 15 is 0 Å². The van der Waals surface area contributed by atoms with Gasteiger partial charge in [-0.05, 0) is 48.4 Å². The molecule has 0 bridgehead atoms. The summed E-state index contributed by atoms with van der Waals surface area (Å²) in [5, 5.41) is 10.8. The third kappa shape index (κ3) is 2.62. The third-order valence-electron chi connectivity index (χ3n) is 3.49. The van der Waals surface area contributed by atoms with Gasteiger partial charge in [0.05, 0.1) is 0 Å². The molecule has 1 aromatic heterocycles. The molecule has 0 amide bonds. The largest absolute Gasteiger partial charge is 0.383 e. The van der Waals surface area contributed by atoms with Crippen molar-refractivity contribution in [1.29, 1.82) is 0 Å². The van der Waals surface area contributed by atoms with E-state index in [1.165, 1.54) is 16.5 Å². The Hall–Kier alpha value is -0.550. The van der Waals surface area contributed by atoms with Crippen molar-refractivity contribution in [3.63, 3.8) is 0 Å². The maximum Gasteiger partial charge on any atom is 0.127 e. The maximum absolute atomic E-state index is 13.4. The van der Waals surface area contributed by atoms with E-state index in [2.05, 4.69) is 6.07 Å². The third-order valence-corrected chi connectivity index (χ3v) is 6.11. The first kappa shape index (κ1) is 14.4. The monoisotopic (exact) mass is 328 g/mol. The summed E-state index contributed by atoms with van der Waals surface area (Å²) >= 11 is 9.63. The number of aliphatic hydroxyl groups is 1. The summed E-state index contributed by atoms with van der Waals surface area (Å²) in [4.78, 5) is 2.25. The van der Waals surface area contributed by atoms with Crippen LogP contribution in [0, 0.1) is 12.7 Å². The van der Waals surface area contributed by atoms with E-state index in [-0.39, 0.29) is 10.8 Å². The maximum atomic E-state index is 13.4. The Morgan fingerprint density at radius 3 is 2.90 bits per heavy atom. The van der Waals surface area contributed by atoms with Crippen molar-refractivity contribution in [3.8, 4) is 0 Å². The van der Waals surface area contributed by atoms with Crippen molar-refractivity contribution in [3.05, 3.63) is 55.5 Å². The van der Waals surface area contributed by atoms with Gasteiger partial charge in [-0.25, -0.2) is 4.39 Å². The van der Waals surface area contributed by atoms with Crippen LogP contribution in [0.1, 0.15) is 32.5 Å². The topological polar surface area (TPSA) is 20.2 Å². The van der Waals surface area contributed by atoms with Gasteiger partial charge in [-0.15, -0.1) is 11.3 Å². The van der Waals surface area contributed by atoms with Crippen LogP contribution in [0.2, 0.25) is 5.02 Å². The predicted octanol–water partition coefficient (Wildman–Crippen LogP) is 4.72. The standard InChI is InChI=1S/C15H14ClFOS2/c1-8-4-10(11(16)6-12(8)17)15(18)14-5-9-7-19-3-2-13(9)20-14/h4-6,15,18H,2-3,7H2,1H3. The first-order valence-corrected chi connectivity index (χ1v) is 8.74. The minimum Gasteiger partial charge on any atom is -0.383 e. The van der Waals surface area contributed by atoms with Gasteiger partial charge < -0.3 is 5.11 Å². The number of aliphatic hydroxyl groups excluding tert-OH is 1. The lowest BCUT2D eigenvalue weighted by Gasteiger charge is -2.12. The van der Waals surface area contributed by atoms with Crippen LogP contribution in [0.3, 0.4) is 0 Å². The van der Waals surface area contributed by atoms with Crippen molar-refractivity contribution in [2.24, 2.45) is 0 Å². The molecule has 106 valence electrons. The molecule has 1 aliphatic heterocycles. The SMILES string of the molecule is Cc1cc(C(O)c2cc3c(s2)CCSC3)c(Cl)cc1F. The van der Waals surface area contributed by atoms with Gasteiger partial charge in [0.1, 0.15) is 11.9 Å². The van der Waals surface area contributed by atoms with E-state index in [9.17, 15) is 9.50 Å². The molecule has 5 heteroatoms. The Labute approximate surface area is 130 Å². The number of rotatable bonds is 2. The van der Waals surface area contributed by atoms with Crippen molar-refractivity contribution in [1.82, 2.24) is 0 Å². The number of hydrogen-bond acceptors (Lipinski definition) is 3. The van der Waals surface area contributed by atoms with Crippen LogP contribution in [0.4, 0.5) is 4.39 Å². The number of aryl methyl sites for hydroxylation is 2. The quantitative estimate of drug-likeness (QED) is 0.860. The second-order valence-corrected chi connectivity index (χ2v) is 7.61. The van der Waals surface area contributed by atoms with Crippen molar-refractivity contribution in [2.75, 3.05) is 5.75 Å². The summed E-state index contributed by atoms with van der Waals surface area (Å²) in [6.07, 6.45) is 0.288. The fourth-order valence-corrected chi connectivity index (χ4v) is 4.98. The normalized spacial score (nSPS) is 16.0. The molecule has 1 N–H and O–H groups in total. The van der Waals surface area contributed by atoms with Gasteiger partial charge in [0, 0.05) is 26.1 Å². The Balaban J connectivity index is 1.98. The van der Waals surface area contributed by atoms with Gasteiger partial charge >= 0.3 is 0 Å². The van der Waals surface area contributed by atoms with E-state index in [0.29, 0.717) is 11.1 Å². The highest BCUT2D eigenvalue weighted by Gasteiger charge is 2.21. The van der Waals surface area contributed by atoms with Crippen LogP contribution in [0.15, 0.2) is 18.2 Å². The van der Waals surface area contributed by atoms with Crippen molar-refractivity contribution < 1.29 is 9.50 Å². The van der Waals surface area contributed by atoms with E-state index in [4.69, 9.17) is 11.6 Å². The summed E-state index contributed by atoms with van der Waals surface area (Å²) in [6.45, 7) is 1.68. The highest BCUT2D eigenvalue weighted by Crippen LogP contribution is 2.38. The summed E-state index contributed by atoms with van der Waals surface area (Å²) in [7, 11) is 0. The van der Waals surface area contributed by atoms with E-state index in [0.717, 1.165) is 22.8 Å². The fourth-order valence-electron chi connectivity index (χ4n) is 2.35. The molecule has 0 spiro atoms. The van der Waals surface area contributed by atoms with Gasteiger partial charge in [0.15, 0.2) is 0 Å². The molecular weight excluding hydrogens is 315 g/mol. The van der Waals surface area contributed by atoms with Crippen molar-refractivity contribution >= 4 is 34.7 Å².